The van der Waals surface area contributed by atoms with Gasteiger partial charge in [0, 0.05) is 56.6 Å². The summed E-state index contributed by atoms with van der Waals surface area (Å²) in [5.74, 6) is 0. The normalized spacial score (nSPS) is 12.0. The molecule has 1 aliphatic rings. The fourth-order valence-corrected chi connectivity index (χ4v) is 21.0. The molecule has 24 rings (SSSR count). The molecule has 0 atom stereocenters. The van der Waals surface area contributed by atoms with E-state index >= 15 is 0 Å². The molecule has 1 aliphatic carbocycles. The molecular weight excluding hydrogens is 1620 g/mol. The average molecular weight is 1710 g/mol. The zero-order valence-electron chi connectivity index (χ0n) is 74.4. The van der Waals surface area contributed by atoms with Gasteiger partial charge in [-0.1, -0.05) is 408 Å². The van der Waals surface area contributed by atoms with Crippen LogP contribution in [-0.2, 0) is 5.41 Å². The van der Waals surface area contributed by atoms with Gasteiger partial charge in [0.2, 0.25) is 0 Å². The Morgan fingerprint density at radius 2 is 0.351 bits per heavy atom. The summed E-state index contributed by atoms with van der Waals surface area (Å²) in [6, 6.07) is 191. The highest BCUT2D eigenvalue weighted by atomic mass is 15.2. The summed E-state index contributed by atoms with van der Waals surface area (Å²) < 4.78 is 0. The minimum absolute atomic E-state index is 0.323. The van der Waals surface area contributed by atoms with Gasteiger partial charge in [-0.05, 0) is 309 Å². The molecule has 0 aliphatic heterocycles. The zero-order valence-corrected chi connectivity index (χ0v) is 74.4. The molecule has 0 fully saturated rings. The van der Waals surface area contributed by atoms with Crippen LogP contribution < -0.4 is 14.7 Å². The van der Waals surface area contributed by atoms with Gasteiger partial charge in [0.15, 0.2) is 0 Å². The molecule has 23 aromatic carbocycles. The van der Waals surface area contributed by atoms with E-state index in [0.29, 0.717) is 0 Å². The first-order chi connectivity index (χ1) is 66.2. The summed E-state index contributed by atoms with van der Waals surface area (Å²) in [5.41, 5.74) is 38.1. The van der Waals surface area contributed by atoms with Crippen molar-refractivity contribution in [1.82, 2.24) is 0 Å². The van der Waals surface area contributed by atoms with Gasteiger partial charge in [0.1, 0.15) is 0 Å². The first kappa shape index (κ1) is 80.1. The van der Waals surface area contributed by atoms with Gasteiger partial charge in [-0.3, -0.25) is 0 Å². The van der Waals surface area contributed by atoms with Gasteiger partial charge in [0.05, 0.1) is 0 Å². The van der Waals surface area contributed by atoms with Crippen LogP contribution in [0.4, 0.5) is 51.2 Å². The van der Waals surface area contributed by atoms with E-state index in [-0.39, 0.29) is 5.41 Å². The molecular formula is C131H91N3. The van der Waals surface area contributed by atoms with E-state index < -0.39 is 0 Å². The summed E-state index contributed by atoms with van der Waals surface area (Å²) >= 11 is 0. The van der Waals surface area contributed by atoms with Crippen LogP contribution >= 0.6 is 0 Å². The van der Waals surface area contributed by atoms with Crippen molar-refractivity contribution >= 4 is 105 Å². The Bertz CT molecular complexity index is 8420. The smallest absolute Gasteiger partial charge is 0.0467 e. The van der Waals surface area contributed by atoms with Crippen molar-refractivity contribution in [3.05, 3.63) is 527 Å². The molecule has 0 radical (unpaired) electrons. The van der Waals surface area contributed by atoms with Crippen molar-refractivity contribution in [2.24, 2.45) is 0 Å². The summed E-state index contributed by atoms with van der Waals surface area (Å²) in [6.07, 6.45) is 0. The minimum atomic E-state index is -0.323. The second-order valence-corrected chi connectivity index (χ2v) is 35.8. The third kappa shape index (κ3) is 14.7. The molecule has 3 heteroatoms. The van der Waals surface area contributed by atoms with Crippen molar-refractivity contribution in [3.8, 4) is 122 Å². The van der Waals surface area contributed by atoms with Crippen LogP contribution in [0.3, 0.4) is 0 Å². The Labute approximate surface area is 782 Å². The standard InChI is InChI=1S/C131H91N3/c1-131(2)129-86-103(64-75-127(129)128-76-73-112(87-130(128)131)134(107-69-59-93(60-70-107)90-31-10-5-11-32-90)111-45-20-37-98(82-111)116-53-25-36-95-34-13-15-47-114(95)116)122-80-78-120(124-49-17-19-51-126(122)124)101-40-23-44-110(85-101)133(106-67-57-92(58-68-106)89-29-8-4-9-30-89)109-43-21-38-99(83-109)117-54-26-41-97-81-102(63-74-118(97)117)121-79-77-119(123-48-16-18-50-125(121)123)100-39-22-42-108(84-100)132(104-65-55-91(56-66-104)88-27-6-3-7-28-88)105-71-61-96(62-72-105)115-52-24-35-94-33-12-14-46-113(94)115/h3-87H,1-2H3. The van der Waals surface area contributed by atoms with Crippen LogP contribution in [0.5, 0.6) is 0 Å². The molecule has 0 N–H and O–H groups in total. The fourth-order valence-electron chi connectivity index (χ4n) is 21.0. The number of rotatable bonds is 19. The predicted octanol–water partition coefficient (Wildman–Crippen LogP) is 36.8. The van der Waals surface area contributed by atoms with E-state index in [0.717, 1.165) is 73.4 Å². The lowest BCUT2D eigenvalue weighted by atomic mass is 9.81. The first-order valence-corrected chi connectivity index (χ1v) is 46.4. The van der Waals surface area contributed by atoms with E-state index in [2.05, 4.69) is 544 Å². The summed E-state index contributed by atoms with van der Waals surface area (Å²) in [6.45, 7) is 4.82. The SMILES string of the molecule is CC1(C)c2cc(-c3ccc(-c4cccc(N(c5ccc(-c6ccccc6)cc5)c5cccc(-c6cccc7cc(-c8ccc(-c9cccc(N(c%10ccc(-c%11ccccc%11)cc%10)c%10ccc(-c%11cccc%12ccccc%11%12)cc%10)c9)c9ccccc89)ccc67)c5)c4)c4ccccc34)ccc2-c2ccc(N(c3ccc(-c4ccccc4)cc3)c3cccc(-c4cccc5ccccc45)c3)cc21. The van der Waals surface area contributed by atoms with Gasteiger partial charge in [-0.25, -0.2) is 0 Å². The van der Waals surface area contributed by atoms with Crippen LogP contribution in [0, 0.1) is 0 Å². The maximum absolute atomic E-state index is 2.48. The highest BCUT2D eigenvalue weighted by Gasteiger charge is 2.37. The Morgan fingerprint density at radius 1 is 0.127 bits per heavy atom. The van der Waals surface area contributed by atoms with Crippen LogP contribution in [0.15, 0.2) is 516 Å². The largest absolute Gasteiger partial charge is 0.310 e. The van der Waals surface area contributed by atoms with Gasteiger partial charge >= 0.3 is 0 Å². The predicted molar refractivity (Wildman–Crippen MR) is 570 cm³/mol. The Morgan fingerprint density at radius 3 is 0.739 bits per heavy atom. The topological polar surface area (TPSA) is 9.72 Å². The summed E-state index contributed by atoms with van der Waals surface area (Å²) in [7, 11) is 0. The number of nitrogens with zero attached hydrogens (tertiary/aromatic N) is 3. The maximum atomic E-state index is 2.48. The molecule has 630 valence electrons. The lowest BCUT2D eigenvalue weighted by Crippen LogP contribution is -2.16. The number of benzene rings is 23. The van der Waals surface area contributed by atoms with Crippen LogP contribution in [0.25, 0.3) is 176 Å². The van der Waals surface area contributed by atoms with E-state index in [1.807, 2.05) is 0 Å². The monoisotopic (exact) mass is 1710 g/mol. The molecule has 0 heterocycles. The number of anilines is 9. The second-order valence-electron chi connectivity index (χ2n) is 35.8. The van der Waals surface area contributed by atoms with Gasteiger partial charge in [0.25, 0.3) is 0 Å². The second kappa shape index (κ2) is 34.0. The molecule has 0 aromatic heterocycles. The van der Waals surface area contributed by atoms with Crippen molar-refractivity contribution in [2.75, 3.05) is 14.7 Å². The highest BCUT2D eigenvalue weighted by Crippen LogP contribution is 2.54. The van der Waals surface area contributed by atoms with E-state index in [1.165, 1.54) is 165 Å². The molecule has 0 unspecified atom stereocenters. The maximum Gasteiger partial charge on any atom is 0.0467 e. The van der Waals surface area contributed by atoms with Crippen LogP contribution in [0.1, 0.15) is 25.0 Å². The lowest BCUT2D eigenvalue weighted by molar-refractivity contribution is 0.660. The van der Waals surface area contributed by atoms with Gasteiger partial charge in [-0.2, -0.15) is 0 Å². The molecule has 23 aromatic rings. The van der Waals surface area contributed by atoms with Crippen LogP contribution in [-0.4, -0.2) is 0 Å². The molecule has 0 saturated carbocycles. The molecule has 0 amide bonds. The molecule has 0 spiro atoms. The molecule has 134 heavy (non-hydrogen) atoms. The molecule has 0 saturated heterocycles. The summed E-state index contributed by atoms with van der Waals surface area (Å²) in [4.78, 5) is 7.26. The highest BCUT2D eigenvalue weighted by molar-refractivity contribution is 6.10. The third-order valence-electron chi connectivity index (χ3n) is 27.6. The molecule has 0 bridgehead atoms. The van der Waals surface area contributed by atoms with Crippen molar-refractivity contribution < 1.29 is 0 Å². The van der Waals surface area contributed by atoms with Gasteiger partial charge in [-0.15, -0.1) is 0 Å². The fraction of sp³-hybridized carbons (Fsp3) is 0.0229. The van der Waals surface area contributed by atoms with E-state index in [1.54, 1.807) is 0 Å². The number of hydrogen-bond acceptors (Lipinski definition) is 3. The van der Waals surface area contributed by atoms with E-state index in [4.69, 9.17) is 0 Å². The third-order valence-corrected chi connectivity index (χ3v) is 27.6. The zero-order chi connectivity index (χ0) is 89.2. The van der Waals surface area contributed by atoms with Crippen molar-refractivity contribution in [2.45, 2.75) is 19.3 Å². The van der Waals surface area contributed by atoms with Crippen molar-refractivity contribution in [3.63, 3.8) is 0 Å². The average Bonchev–Trinajstić information content (AvgIpc) is 1.56. The van der Waals surface area contributed by atoms with Crippen LogP contribution in [0.2, 0.25) is 0 Å². The Hall–Kier alpha value is -17.2. The number of fused-ring (bicyclic) bond motifs is 8. The number of hydrogen-bond donors (Lipinski definition) is 0. The van der Waals surface area contributed by atoms with Gasteiger partial charge < -0.3 is 14.7 Å². The Kier molecular flexibility index (Phi) is 20.3. The van der Waals surface area contributed by atoms with E-state index in [9.17, 15) is 0 Å². The quantitative estimate of drug-likeness (QED) is 0.0799. The molecule has 3 nitrogen and oxygen atoms in total. The van der Waals surface area contributed by atoms with Crippen molar-refractivity contribution in [1.29, 1.82) is 0 Å². The minimum Gasteiger partial charge on any atom is -0.310 e. The first-order valence-electron chi connectivity index (χ1n) is 46.4. The summed E-state index contributed by atoms with van der Waals surface area (Å²) in [5, 5.41) is 12.1. The Balaban J connectivity index is 0.541. The lowest BCUT2D eigenvalue weighted by Gasteiger charge is -2.29.